The molecule has 6 nitrogen and oxygen atoms in total. The molecular weight excluding hydrogens is 200 g/mol. The summed E-state index contributed by atoms with van der Waals surface area (Å²) < 4.78 is 4.54. The molecule has 1 aromatic rings. The number of phenolic OH excluding ortho intramolecular Hbond substituents is 1. The largest absolute Gasteiger partial charge is 0.506 e. The summed E-state index contributed by atoms with van der Waals surface area (Å²) in [7, 11) is 0. The Labute approximate surface area is 86.3 Å². The molecule has 0 saturated heterocycles. The number of hydrogen-bond donors (Lipinski definition) is 4. The smallest absolute Gasteiger partial charge is 0.411 e. The van der Waals surface area contributed by atoms with Crippen molar-refractivity contribution in [1.29, 1.82) is 0 Å². The van der Waals surface area contributed by atoms with Crippen LogP contribution in [-0.4, -0.2) is 29.5 Å². The third-order valence-corrected chi connectivity index (χ3v) is 1.58. The first-order chi connectivity index (χ1) is 7.13. The average molecular weight is 212 g/mol. The second kappa shape index (κ2) is 5.06. The average Bonchev–Trinajstić information content (AvgIpc) is 2.19. The number of aromatic hydroxyl groups is 1. The van der Waals surface area contributed by atoms with Gasteiger partial charge in [0.1, 0.15) is 12.4 Å². The zero-order valence-electron chi connectivity index (χ0n) is 7.93. The number of benzene rings is 1. The van der Waals surface area contributed by atoms with Gasteiger partial charge in [-0.25, -0.2) is 4.79 Å². The molecule has 0 saturated carbocycles. The number of aliphatic hydroxyl groups excluding tert-OH is 1. The van der Waals surface area contributed by atoms with Crippen LogP contribution in [0.2, 0.25) is 0 Å². The molecule has 0 aliphatic rings. The summed E-state index contributed by atoms with van der Waals surface area (Å²) >= 11 is 0. The molecule has 0 aliphatic heterocycles. The van der Waals surface area contributed by atoms with Gasteiger partial charge >= 0.3 is 6.09 Å². The van der Waals surface area contributed by atoms with Crippen molar-refractivity contribution in [3.8, 4) is 5.75 Å². The Kier molecular flexibility index (Phi) is 3.75. The van der Waals surface area contributed by atoms with Gasteiger partial charge in [-0.2, -0.15) is 0 Å². The Morgan fingerprint density at radius 2 is 2.27 bits per heavy atom. The van der Waals surface area contributed by atoms with Gasteiger partial charge in [0.15, 0.2) is 0 Å². The summed E-state index contributed by atoms with van der Waals surface area (Å²) in [5.41, 5.74) is 5.99. The first-order valence-corrected chi connectivity index (χ1v) is 4.26. The van der Waals surface area contributed by atoms with Crippen LogP contribution in [0.3, 0.4) is 0 Å². The number of amides is 1. The lowest BCUT2D eigenvalue weighted by atomic mass is 10.2. The highest BCUT2D eigenvalue weighted by Gasteiger charge is 2.06. The number of nitrogen functional groups attached to an aromatic ring is 1. The Morgan fingerprint density at radius 3 is 2.87 bits per heavy atom. The maximum atomic E-state index is 11.0. The number of rotatable bonds is 3. The van der Waals surface area contributed by atoms with Gasteiger partial charge in [0.25, 0.3) is 0 Å². The van der Waals surface area contributed by atoms with Crippen LogP contribution < -0.4 is 11.1 Å². The van der Waals surface area contributed by atoms with Crippen LogP contribution in [0.25, 0.3) is 0 Å². The summed E-state index contributed by atoms with van der Waals surface area (Å²) in [6.07, 6.45) is -0.746. The number of ether oxygens (including phenoxy) is 1. The minimum absolute atomic E-state index is 0.0957. The molecule has 0 atom stereocenters. The molecule has 1 amide bonds. The Morgan fingerprint density at radius 1 is 1.53 bits per heavy atom. The molecule has 0 radical (unpaired) electrons. The highest BCUT2D eigenvalue weighted by atomic mass is 16.6. The van der Waals surface area contributed by atoms with E-state index in [2.05, 4.69) is 10.1 Å². The van der Waals surface area contributed by atoms with E-state index in [0.717, 1.165) is 0 Å². The summed E-state index contributed by atoms with van der Waals surface area (Å²) in [4.78, 5) is 11.0. The molecule has 15 heavy (non-hydrogen) atoms. The van der Waals surface area contributed by atoms with Crippen molar-refractivity contribution < 1.29 is 19.7 Å². The van der Waals surface area contributed by atoms with Gasteiger partial charge in [0.05, 0.1) is 12.3 Å². The van der Waals surface area contributed by atoms with Gasteiger partial charge in [0, 0.05) is 11.8 Å². The van der Waals surface area contributed by atoms with Crippen molar-refractivity contribution in [2.45, 2.75) is 0 Å². The van der Waals surface area contributed by atoms with Crippen molar-refractivity contribution >= 4 is 17.5 Å². The molecule has 0 fully saturated rings. The van der Waals surface area contributed by atoms with Gasteiger partial charge < -0.3 is 20.7 Å². The fourth-order valence-electron chi connectivity index (χ4n) is 0.939. The molecule has 0 spiro atoms. The summed E-state index contributed by atoms with van der Waals surface area (Å²) in [5.74, 6) is -0.143. The molecule has 1 aromatic carbocycles. The van der Waals surface area contributed by atoms with Gasteiger partial charge in [-0.15, -0.1) is 0 Å². The van der Waals surface area contributed by atoms with Crippen molar-refractivity contribution in [1.82, 2.24) is 0 Å². The van der Waals surface area contributed by atoms with Crippen LogP contribution in [0.5, 0.6) is 5.75 Å². The SMILES string of the molecule is Nc1ccc(NC(=O)OCCO)c(O)c1. The van der Waals surface area contributed by atoms with Crippen LogP contribution in [0.1, 0.15) is 0 Å². The first-order valence-electron chi connectivity index (χ1n) is 4.26. The molecule has 0 aliphatic carbocycles. The minimum atomic E-state index is -0.746. The van der Waals surface area contributed by atoms with Gasteiger partial charge in [-0.3, -0.25) is 5.32 Å². The molecule has 6 heteroatoms. The number of nitrogens with one attached hydrogen (secondary N) is 1. The quantitative estimate of drug-likeness (QED) is 0.431. The van der Waals surface area contributed by atoms with Crippen LogP contribution in [0.15, 0.2) is 18.2 Å². The second-order valence-electron chi connectivity index (χ2n) is 2.76. The molecule has 0 heterocycles. The van der Waals surface area contributed by atoms with Crippen molar-refractivity contribution in [2.24, 2.45) is 0 Å². The molecule has 0 aromatic heterocycles. The Hall–Kier alpha value is -1.95. The maximum absolute atomic E-state index is 11.0. The fraction of sp³-hybridized carbons (Fsp3) is 0.222. The van der Waals surface area contributed by atoms with Crippen molar-refractivity contribution in [2.75, 3.05) is 24.3 Å². The maximum Gasteiger partial charge on any atom is 0.411 e. The van der Waals surface area contributed by atoms with Crippen molar-refractivity contribution in [3.63, 3.8) is 0 Å². The van der Waals surface area contributed by atoms with Crippen LogP contribution >= 0.6 is 0 Å². The van der Waals surface area contributed by atoms with E-state index in [1.165, 1.54) is 18.2 Å². The lowest BCUT2D eigenvalue weighted by molar-refractivity contribution is 0.131. The zero-order chi connectivity index (χ0) is 11.3. The molecule has 0 unspecified atom stereocenters. The number of hydrogen-bond acceptors (Lipinski definition) is 5. The van der Waals surface area contributed by atoms with E-state index in [9.17, 15) is 9.90 Å². The highest BCUT2D eigenvalue weighted by molar-refractivity contribution is 5.87. The third kappa shape index (κ3) is 3.35. The number of phenols is 1. The van der Waals surface area contributed by atoms with E-state index in [1.807, 2.05) is 0 Å². The standard InChI is InChI=1S/C9H12N2O4/c10-6-1-2-7(8(13)5-6)11-9(14)15-4-3-12/h1-2,5,12-13H,3-4,10H2,(H,11,14). The van der Waals surface area contributed by atoms with Gasteiger partial charge in [-0.1, -0.05) is 0 Å². The summed E-state index contributed by atoms with van der Waals surface area (Å²) in [5, 5.41) is 20.1. The Bertz CT molecular complexity index is 354. The zero-order valence-corrected chi connectivity index (χ0v) is 7.93. The number of nitrogens with two attached hydrogens (primary N) is 1. The van der Waals surface area contributed by atoms with E-state index >= 15 is 0 Å². The molecule has 5 N–H and O–H groups in total. The highest BCUT2D eigenvalue weighted by Crippen LogP contribution is 2.25. The predicted octanol–water partition coefficient (Wildman–Crippen LogP) is 0.515. The topological polar surface area (TPSA) is 105 Å². The molecule has 1 rings (SSSR count). The molecule has 82 valence electrons. The minimum Gasteiger partial charge on any atom is -0.506 e. The van der Waals surface area contributed by atoms with Gasteiger partial charge in [-0.05, 0) is 12.1 Å². The lowest BCUT2D eigenvalue weighted by Crippen LogP contribution is -2.15. The second-order valence-corrected chi connectivity index (χ2v) is 2.76. The Balaban J connectivity index is 2.60. The van der Waals surface area contributed by atoms with Crippen LogP contribution in [0.4, 0.5) is 16.2 Å². The van der Waals surface area contributed by atoms with E-state index < -0.39 is 6.09 Å². The summed E-state index contributed by atoms with van der Waals surface area (Å²) in [6, 6.07) is 4.29. The van der Waals surface area contributed by atoms with Gasteiger partial charge in [0.2, 0.25) is 0 Å². The molecular formula is C9H12N2O4. The van der Waals surface area contributed by atoms with E-state index in [-0.39, 0.29) is 24.7 Å². The first kappa shape index (κ1) is 11.1. The lowest BCUT2D eigenvalue weighted by Gasteiger charge is -2.07. The number of aliphatic hydroxyl groups is 1. The van der Waals surface area contributed by atoms with Crippen LogP contribution in [0, 0.1) is 0 Å². The number of carbonyl (C=O) groups excluding carboxylic acids is 1. The third-order valence-electron chi connectivity index (χ3n) is 1.58. The van der Waals surface area contributed by atoms with Crippen molar-refractivity contribution in [3.05, 3.63) is 18.2 Å². The predicted molar refractivity (Wildman–Crippen MR) is 54.6 cm³/mol. The normalized spacial score (nSPS) is 9.67. The monoisotopic (exact) mass is 212 g/mol. The number of anilines is 2. The van der Waals surface area contributed by atoms with E-state index in [1.54, 1.807) is 0 Å². The van der Waals surface area contributed by atoms with E-state index in [0.29, 0.717) is 5.69 Å². The van der Waals surface area contributed by atoms with Crippen LogP contribution in [-0.2, 0) is 4.74 Å². The number of carbonyl (C=O) groups is 1. The molecule has 0 bridgehead atoms. The van der Waals surface area contributed by atoms with E-state index in [4.69, 9.17) is 10.8 Å². The fourth-order valence-corrected chi connectivity index (χ4v) is 0.939. The summed E-state index contributed by atoms with van der Waals surface area (Å²) in [6.45, 7) is -0.345.